The highest BCUT2D eigenvalue weighted by molar-refractivity contribution is 7.98. The molecule has 0 saturated carbocycles. The lowest BCUT2D eigenvalue weighted by Gasteiger charge is -2.25. The van der Waals surface area contributed by atoms with Crippen molar-refractivity contribution in [3.05, 3.63) is 36.0 Å². The minimum absolute atomic E-state index is 0.0761. The van der Waals surface area contributed by atoms with E-state index in [1.807, 2.05) is 30.5 Å². The van der Waals surface area contributed by atoms with Crippen LogP contribution < -0.4 is 33.2 Å². The van der Waals surface area contributed by atoms with Crippen LogP contribution >= 0.6 is 11.8 Å². The fraction of sp³-hybridized carbons (Fsp3) is 0.519. The Morgan fingerprint density at radius 2 is 1.59 bits per heavy atom. The molecule has 14 heteroatoms. The Labute approximate surface area is 243 Å². The zero-order valence-electron chi connectivity index (χ0n) is 23.2. The molecule has 0 fully saturated rings. The summed E-state index contributed by atoms with van der Waals surface area (Å²) in [5.41, 5.74) is 18.5. The van der Waals surface area contributed by atoms with E-state index in [0.717, 1.165) is 16.5 Å². The Morgan fingerprint density at radius 3 is 2.24 bits per heavy atom. The highest BCUT2D eigenvalue weighted by Gasteiger charge is 2.31. The molecule has 41 heavy (non-hydrogen) atoms. The maximum atomic E-state index is 13.6. The lowest BCUT2D eigenvalue weighted by Crippen LogP contribution is -2.57. The van der Waals surface area contributed by atoms with Gasteiger partial charge >= 0.3 is 5.97 Å². The molecule has 0 aliphatic heterocycles. The highest BCUT2D eigenvalue weighted by Crippen LogP contribution is 2.19. The molecule has 1 heterocycles. The number of carbonyl (C=O) groups excluding carboxylic acids is 4. The van der Waals surface area contributed by atoms with E-state index in [-0.39, 0.29) is 25.7 Å². The fourth-order valence-corrected chi connectivity index (χ4v) is 4.71. The van der Waals surface area contributed by atoms with Crippen LogP contribution in [0.5, 0.6) is 0 Å². The molecule has 0 aliphatic rings. The minimum atomic E-state index is -1.27. The number of thioether (sulfide) groups is 1. The molecule has 13 nitrogen and oxygen atoms in total. The quantitative estimate of drug-likeness (QED) is 0.100. The van der Waals surface area contributed by atoms with Crippen LogP contribution in [0.2, 0.25) is 0 Å². The number of unbranched alkanes of at least 4 members (excludes halogenated alkanes) is 1. The molecule has 11 N–H and O–H groups in total. The van der Waals surface area contributed by atoms with Crippen LogP contribution in [-0.4, -0.2) is 82.4 Å². The SMILES string of the molecule is CSCCC(NC(=O)C(CCC(N)=O)NC(=O)C(Cc1c[nH]c2ccccc12)NC(=O)C(N)CCCCN)C(=O)O. The van der Waals surface area contributed by atoms with E-state index >= 15 is 0 Å². The van der Waals surface area contributed by atoms with Crippen LogP contribution in [0.3, 0.4) is 0 Å². The molecule has 4 amide bonds. The van der Waals surface area contributed by atoms with Gasteiger partial charge in [-0.05, 0) is 55.9 Å². The van der Waals surface area contributed by atoms with Crippen molar-refractivity contribution in [2.45, 2.75) is 69.1 Å². The summed E-state index contributed by atoms with van der Waals surface area (Å²) in [5, 5.41) is 18.1. The standard InChI is InChI=1S/C27H41N7O6S/c1-41-13-11-21(27(39)40)33-25(37)20(9-10-23(30)35)32-26(38)22(34-24(36)18(29)7-4-5-12-28)14-16-15-31-19-8-3-2-6-17(16)19/h2-3,6,8,15,18,20-22,31H,4-5,7,9-14,28-29H2,1H3,(H2,30,35)(H,32,38)(H,33,37)(H,34,36)(H,39,40). The summed E-state index contributed by atoms with van der Waals surface area (Å²) in [7, 11) is 0. The Balaban J connectivity index is 2.28. The molecular formula is C27H41N7O6S. The van der Waals surface area contributed by atoms with Gasteiger partial charge < -0.3 is 43.2 Å². The van der Waals surface area contributed by atoms with Crippen molar-refractivity contribution in [3.8, 4) is 0 Å². The summed E-state index contributed by atoms with van der Waals surface area (Å²) in [6.07, 6.45) is 5.11. The van der Waals surface area contributed by atoms with Crippen molar-refractivity contribution in [2.75, 3.05) is 18.6 Å². The predicted octanol–water partition coefficient (Wildman–Crippen LogP) is -0.276. The van der Waals surface area contributed by atoms with Gasteiger partial charge in [0, 0.05) is 29.9 Å². The van der Waals surface area contributed by atoms with Gasteiger partial charge in [-0.15, -0.1) is 0 Å². The van der Waals surface area contributed by atoms with Crippen molar-refractivity contribution >= 4 is 52.3 Å². The zero-order chi connectivity index (χ0) is 30.4. The van der Waals surface area contributed by atoms with Crippen molar-refractivity contribution in [1.82, 2.24) is 20.9 Å². The summed E-state index contributed by atoms with van der Waals surface area (Å²) in [6, 6.07) is 3.00. The van der Waals surface area contributed by atoms with Gasteiger partial charge in [0.25, 0.3) is 0 Å². The number of H-pyrrole nitrogens is 1. The molecule has 0 spiro atoms. The van der Waals surface area contributed by atoms with E-state index in [0.29, 0.717) is 31.6 Å². The number of carboxylic acids is 1. The Hall–Kier alpha value is -3.62. The van der Waals surface area contributed by atoms with Crippen LogP contribution in [0, 0.1) is 0 Å². The van der Waals surface area contributed by atoms with E-state index < -0.39 is 53.8 Å². The van der Waals surface area contributed by atoms with Crippen molar-refractivity contribution in [3.63, 3.8) is 0 Å². The number of carbonyl (C=O) groups is 5. The van der Waals surface area contributed by atoms with Gasteiger partial charge in [-0.3, -0.25) is 19.2 Å². The van der Waals surface area contributed by atoms with Crippen LogP contribution in [0.25, 0.3) is 10.9 Å². The summed E-state index contributed by atoms with van der Waals surface area (Å²) in [4.78, 5) is 65.9. The third-order valence-electron chi connectivity index (χ3n) is 6.58. The number of rotatable bonds is 19. The Kier molecular flexibility index (Phi) is 14.1. The van der Waals surface area contributed by atoms with E-state index in [1.165, 1.54) is 11.8 Å². The number of amides is 4. The molecule has 2 rings (SSSR count). The summed E-state index contributed by atoms with van der Waals surface area (Å²) in [5.74, 6) is -3.44. The summed E-state index contributed by atoms with van der Waals surface area (Å²) < 4.78 is 0. The molecule has 0 saturated heterocycles. The number of hydrogen-bond donors (Lipinski definition) is 8. The van der Waals surface area contributed by atoms with E-state index in [1.54, 1.807) is 6.20 Å². The predicted molar refractivity (Wildman–Crippen MR) is 158 cm³/mol. The van der Waals surface area contributed by atoms with E-state index in [2.05, 4.69) is 20.9 Å². The second-order valence-electron chi connectivity index (χ2n) is 9.76. The molecular weight excluding hydrogens is 550 g/mol. The molecule has 226 valence electrons. The average Bonchev–Trinajstić information content (AvgIpc) is 3.35. The maximum absolute atomic E-state index is 13.6. The first-order valence-corrected chi connectivity index (χ1v) is 14.9. The monoisotopic (exact) mass is 591 g/mol. The number of fused-ring (bicyclic) bond motifs is 1. The van der Waals surface area contributed by atoms with Crippen molar-refractivity contribution in [2.24, 2.45) is 17.2 Å². The van der Waals surface area contributed by atoms with Gasteiger partial charge in [-0.1, -0.05) is 24.6 Å². The van der Waals surface area contributed by atoms with Gasteiger partial charge in [0.2, 0.25) is 23.6 Å². The highest BCUT2D eigenvalue weighted by atomic mass is 32.2. The second-order valence-corrected chi connectivity index (χ2v) is 10.7. The van der Waals surface area contributed by atoms with Crippen molar-refractivity contribution in [1.29, 1.82) is 0 Å². The molecule has 0 bridgehead atoms. The smallest absolute Gasteiger partial charge is 0.326 e. The Morgan fingerprint density at radius 1 is 0.927 bits per heavy atom. The first-order valence-electron chi connectivity index (χ1n) is 13.5. The van der Waals surface area contributed by atoms with Gasteiger partial charge in [0.05, 0.1) is 6.04 Å². The number of aromatic nitrogens is 1. The number of para-hydroxylation sites is 1. The lowest BCUT2D eigenvalue weighted by molar-refractivity contribution is -0.142. The average molecular weight is 592 g/mol. The molecule has 4 atom stereocenters. The number of nitrogens with one attached hydrogen (secondary N) is 4. The minimum Gasteiger partial charge on any atom is -0.480 e. The van der Waals surface area contributed by atoms with Crippen LogP contribution in [0.15, 0.2) is 30.5 Å². The van der Waals surface area contributed by atoms with E-state index in [9.17, 15) is 29.1 Å². The fourth-order valence-electron chi connectivity index (χ4n) is 4.24. The van der Waals surface area contributed by atoms with E-state index in [4.69, 9.17) is 17.2 Å². The maximum Gasteiger partial charge on any atom is 0.326 e. The van der Waals surface area contributed by atoms with Gasteiger partial charge in [-0.2, -0.15) is 11.8 Å². The number of benzene rings is 1. The van der Waals surface area contributed by atoms with Gasteiger partial charge in [0.15, 0.2) is 0 Å². The molecule has 1 aromatic carbocycles. The molecule has 2 aromatic rings. The van der Waals surface area contributed by atoms with Crippen LogP contribution in [0.1, 0.15) is 44.1 Å². The largest absolute Gasteiger partial charge is 0.480 e. The zero-order valence-corrected chi connectivity index (χ0v) is 24.0. The topological polar surface area (TPSA) is 236 Å². The number of hydrogen-bond acceptors (Lipinski definition) is 8. The van der Waals surface area contributed by atoms with Gasteiger partial charge in [-0.25, -0.2) is 4.79 Å². The Bertz CT molecular complexity index is 1190. The molecule has 0 aliphatic carbocycles. The molecule has 0 radical (unpaired) electrons. The number of aliphatic carboxylic acids is 1. The van der Waals surface area contributed by atoms with Crippen molar-refractivity contribution < 1.29 is 29.1 Å². The second kappa shape index (κ2) is 17.3. The summed E-state index contributed by atoms with van der Waals surface area (Å²) >= 11 is 1.42. The first-order chi connectivity index (χ1) is 19.6. The normalized spacial score (nSPS) is 14.0. The molecule has 4 unspecified atom stereocenters. The third kappa shape index (κ3) is 11.1. The lowest BCUT2D eigenvalue weighted by atomic mass is 10.0. The third-order valence-corrected chi connectivity index (χ3v) is 7.22. The van der Waals surface area contributed by atoms with Crippen LogP contribution in [0.4, 0.5) is 0 Å². The van der Waals surface area contributed by atoms with Gasteiger partial charge in [0.1, 0.15) is 18.1 Å². The number of aromatic amines is 1. The number of carboxylic acid groups (broad SMARTS) is 1. The number of nitrogens with two attached hydrogens (primary N) is 3. The van der Waals surface area contributed by atoms with Crippen LogP contribution in [-0.2, 0) is 30.4 Å². The molecule has 1 aromatic heterocycles. The summed E-state index contributed by atoms with van der Waals surface area (Å²) in [6.45, 7) is 0.467. The number of primary amides is 1. The first kappa shape index (κ1) is 33.6.